The van der Waals surface area contributed by atoms with Gasteiger partial charge in [-0.2, -0.15) is 0 Å². The lowest BCUT2D eigenvalue weighted by Crippen LogP contribution is -2.37. The van der Waals surface area contributed by atoms with Crippen LogP contribution in [0.5, 0.6) is 0 Å². The molecule has 0 saturated heterocycles. The molecule has 3 atom stereocenters. The quantitative estimate of drug-likeness (QED) is 0.754. The minimum atomic E-state index is -1.02. The van der Waals surface area contributed by atoms with Gasteiger partial charge >= 0.3 is 11.9 Å². The number of carbonyl (C=O) groups is 2. The number of allylic oxidation sites excluding steroid dienone is 4. The Labute approximate surface area is 107 Å². The van der Waals surface area contributed by atoms with E-state index in [1.54, 1.807) is 0 Å². The zero-order valence-corrected chi connectivity index (χ0v) is 11.0. The van der Waals surface area contributed by atoms with Gasteiger partial charge in [0.1, 0.15) is 0 Å². The molecule has 4 nitrogen and oxygen atoms in total. The van der Waals surface area contributed by atoms with E-state index < -0.39 is 23.8 Å². The molecule has 1 aliphatic carbocycles. The van der Waals surface area contributed by atoms with E-state index in [2.05, 4.69) is 0 Å². The Morgan fingerprint density at radius 1 is 1.39 bits per heavy atom. The standard InChI is InChI=1S/C14H20O4/c1-4-8(2)5-10-6-9(3)7-11(13(15)16)12(10)14(17)18/h4,6,10-12H,5,7H2,1-3H3,(H,15,16)(H,17,18). The third-order valence-corrected chi connectivity index (χ3v) is 3.59. The van der Waals surface area contributed by atoms with Crippen molar-refractivity contribution in [2.45, 2.75) is 33.6 Å². The van der Waals surface area contributed by atoms with E-state index in [-0.39, 0.29) is 5.92 Å². The van der Waals surface area contributed by atoms with Crippen LogP contribution in [-0.4, -0.2) is 22.2 Å². The predicted octanol–water partition coefficient (Wildman–Crippen LogP) is 2.71. The highest BCUT2D eigenvalue weighted by molar-refractivity contribution is 5.81. The van der Waals surface area contributed by atoms with Gasteiger partial charge in [-0.15, -0.1) is 0 Å². The summed E-state index contributed by atoms with van der Waals surface area (Å²) in [6.07, 6.45) is 4.80. The smallest absolute Gasteiger partial charge is 0.307 e. The first-order chi connectivity index (χ1) is 8.36. The fraction of sp³-hybridized carbons (Fsp3) is 0.571. The van der Waals surface area contributed by atoms with Crippen molar-refractivity contribution < 1.29 is 19.8 Å². The number of hydrogen-bond donors (Lipinski definition) is 2. The number of hydrogen-bond acceptors (Lipinski definition) is 2. The summed E-state index contributed by atoms with van der Waals surface area (Å²) in [7, 11) is 0. The van der Waals surface area contributed by atoms with E-state index in [1.165, 1.54) is 0 Å². The topological polar surface area (TPSA) is 74.6 Å². The molecule has 3 unspecified atom stereocenters. The van der Waals surface area contributed by atoms with Crippen LogP contribution >= 0.6 is 0 Å². The summed E-state index contributed by atoms with van der Waals surface area (Å²) < 4.78 is 0. The van der Waals surface area contributed by atoms with Crippen molar-refractivity contribution >= 4 is 11.9 Å². The van der Waals surface area contributed by atoms with Crippen molar-refractivity contribution in [3.05, 3.63) is 23.3 Å². The summed E-state index contributed by atoms with van der Waals surface area (Å²) in [5, 5.41) is 18.5. The van der Waals surface area contributed by atoms with E-state index >= 15 is 0 Å². The average Bonchev–Trinajstić information content (AvgIpc) is 2.27. The first-order valence-corrected chi connectivity index (χ1v) is 6.11. The maximum Gasteiger partial charge on any atom is 0.307 e. The normalized spacial score (nSPS) is 28.7. The minimum Gasteiger partial charge on any atom is -0.481 e. The molecule has 2 N–H and O–H groups in total. The van der Waals surface area contributed by atoms with Crippen molar-refractivity contribution in [2.75, 3.05) is 0 Å². The van der Waals surface area contributed by atoms with E-state index in [0.717, 1.165) is 11.1 Å². The minimum absolute atomic E-state index is 0.228. The molecule has 4 heteroatoms. The molecule has 0 heterocycles. The lowest BCUT2D eigenvalue weighted by molar-refractivity contribution is -0.155. The largest absolute Gasteiger partial charge is 0.481 e. The maximum absolute atomic E-state index is 11.3. The zero-order valence-electron chi connectivity index (χ0n) is 11.0. The van der Waals surface area contributed by atoms with Crippen LogP contribution in [0.1, 0.15) is 33.6 Å². The molecule has 0 fully saturated rings. The first kappa shape index (κ1) is 14.5. The molecule has 0 bridgehead atoms. The summed E-state index contributed by atoms with van der Waals surface area (Å²) >= 11 is 0. The Balaban J connectivity index is 3.07. The Morgan fingerprint density at radius 3 is 2.44 bits per heavy atom. The molecule has 0 spiro atoms. The van der Waals surface area contributed by atoms with Gasteiger partial charge in [0.15, 0.2) is 0 Å². The lowest BCUT2D eigenvalue weighted by Gasteiger charge is -2.31. The molecule has 1 aliphatic rings. The Bertz CT molecular complexity index is 406. The molecule has 0 aromatic rings. The molecule has 0 aromatic carbocycles. The first-order valence-electron chi connectivity index (χ1n) is 6.11. The fourth-order valence-electron chi connectivity index (χ4n) is 2.58. The fourth-order valence-corrected chi connectivity index (χ4v) is 2.58. The lowest BCUT2D eigenvalue weighted by atomic mass is 9.71. The van der Waals surface area contributed by atoms with Gasteiger partial charge in [0.05, 0.1) is 11.8 Å². The molecule has 18 heavy (non-hydrogen) atoms. The van der Waals surface area contributed by atoms with Crippen molar-refractivity contribution in [1.29, 1.82) is 0 Å². The molecule has 0 amide bonds. The molecular weight excluding hydrogens is 232 g/mol. The van der Waals surface area contributed by atoms with Crippen LogP contribution in [0.3, 0.4) is 0 Å². The SMILES string of the molecule is CC=C(C)CC1C=C(C)CC(C(=O)O)C1C(=O)O. The van der Waals surface area contributed by atoms with Crippen LogP contribution in [-0.2, 0) is 9.59 Å². The van der Waals surface area contributed by atoms with Crippen molar-refractivity contribution in [2.24, 2.45) is 17.8 Å². The summed E-state index contributed by atoms with van der Waals surface area (Å²) in [6.45, 7) is 5.71. The van der Waals surface area contributed by atoms with Gasteiger partial charge in [-0.05, 0) is 39.5 Å². The molecule has 0 saturated carbocycles. The maximum atomic E-state index is 11.3. The molecule has 0 aromatic heterocycles. The third kappa shape index (κ3) is 3.22. The Morgan fingerprint density at radius 2 is 2.00 bits per heavy atom. The van der Waals surface area contributed by atoms with Gasteiger partial charge in [0.25, 0.3) is 0 Å². The monoisotopic (exact) mass is 252 g/mol. The van der Waals surface area contributed by atoms with Gasteiger partial charge in [0.2, 0.25) is 0 Å². The summed E-state index contributed by atoms with van der Waals surface area (Å²) in [6, 6.07) is 0. The van der Waals surface area contributed by atoms with Crippen LogP contribution in [0.2, 0.25) is 0 Å². The molecule has 0 radical (unpaired) electrons. The van der Waals surface area contributed by atoms with Crippen LogP contribution in [0.4, 0.5) is 0 Å². The number of aliphatic carboxylic acids is 2. The van der Waals surface area contributed by atoms with Gasteiger partial charge in [-0.3, -0.25) is 9.59 Å². The highest BCUT2D eigenvalue weighted by atomic mass is 16.4. The van der Waals surface area contributed by atoms with E-state index in [1.807, 2.05) is 32.9 Å². The second-order valence-corrected chi connectivity index (χ2v) is 5.03. The Kier molecular flexibility index (Phi) is 4.70. The van der Waals surface area contributed by atoms with E-state index in [4.69, 9.17) is 0 Å². The van der Waals surface area contributed by atoms with Gasteiger partial charge in [-0.25, -0.2) is 0 Å². The zero-order chi connectivity index (χ0) is 13.9. The third-order valence-electron chi connectivity index (χ3n) is 3.59. The second kappa shape index (κ2) is 5.85. The number of rotatable bonds is 4. The molecule has 1 rings (SSSR count). The van der Waals surface area contributed by atoms with Gasteiger partial charge in [-0.1, -0.05) is 23.3 Å². The molecular formula is C14H20O4. The predicted molar refractivity (Wildman–Crippen MR) is 68.2 cm³/mol. The van der Waals surface area contributed by atoms with Crippen molar-refractivity contribution in [3.63, 3.8) is 0 Å². The van der Waals surface area contributed by atoms with Crippen LogP contribution in [0, 0.1) is 17.8 Å². The van der Waals surface area contributed by atoms with Gasteiger partial charge < -0.3 is 10.2 Å². The number of carboxylic acids is 2. The van der Waals surface area contributed by atoms with Crippen molar-refractivity contribution in [1.82, 2.24) is 0 Å². The van der Waals surface area contributed by atoms with Gasteiger partial charge in [0, 0.05) is 0 Å². The highest BCUT2D eigenvalue weighted by Crippen LogP contribution is 2.37. The summed E-state index contributed by atoms with van der Waals surface area (Å²) in [5.41, 5.74) is 2.05. The second-order valence-electron chi connectivity index (χ2n) is 5.03. The highest BCUT2D eigenvalue weighted by Gasteiger charge is 2.41. The molecule has 100 valence electrons. The Hall–Kier alpha value is -1.58. The van der Waals surface area contributed by atoms with E-state index in [9.17, 15) is 19.8 Å². The number of carboxylic acid groups (broad SMARTS) is 2. The summed E-state index contributed by atoms with van der Waals surface area (Å²) in [5.74, 6) is -3.91. The van der Waals surface area contributed by atoms with Crippen LogP contribution in [0.15, 0.2) is 23.3 Å². The summed E-state index contributed by atoms with van der Waals surface area (Å²) in [4.78, 5) is 22.6. The van der Waals surface area contributed by atoms with E-state index in [0.29, 0.717) is 12.8 Å². The van der Waals surface area contributed by atoms with Crippen LogP contribution in [0.25, 0.3) is 0 Å². The van der Waals surface area contributed by atoms with Crippen LogP contribution < -0.4 is 0 Å². The molecule has 0 aliphatic heterocycles. The van der Waals surface area contributed by atoms with Crippen molar-refractivity contribution in [3.8, 4) is 0 Å². The average molecular weight is 252 g/mol.